The number of fused-ring (bicyclic) bond motifs is 1. The van der Waals surface area contributed by atoms with Crippen molar-refractivity contribution in [1.29, 1.82) is 0 Å². The van der Waals surface area contributed by atoms with Gasteiger partial charge in [-0.3, -0.25) is 9.59 Å². The summed E-state index contributed by atoms with van der Waals surface area (Å²) in [6, 6.07) is 15.4. The van der Waals surface area contributed by atoms with Crippen molar-refractivity contribution >= 4 is 22.8 Å². The fraction of sp³-hybridized carbons (Fsp3) is 0.273. The Labute approximate surface area is 238 Å². The molecule has 0 amide bonds. The zero-order valence-corrected chi connectivity index (χ0v) is 23.0. The predicted octanol–water partition coefficient (Wildman–Crippen LogP) is 6.98. The van der Waals surface area contributed by atoms with Gasteiger partial charge < -0.3 is 29.2 Å². The second-order valence-corrected chi connectivity index (χ2v) is 9.75. The minimum Gasteiger partial charge on any atom is -0.508 e. The lowest BCUT2D eigenvalue weighted by atomic mass is 10.1. The van der Waals surface area contributed by atoms with Crippen LogP contribution in [-0.2, 0) is 4.79 Å². The lowest BCUT2D eigenvalue weighted by molar-refractivity contribution is -0.116. The van der Waals surface area contributed by atoms with Crippen molar-refractivity contribution in [2.24, 2.45) is 0 Å². The van der Waals surface area contributed by atoms with Gasteiger partial charge in [-0.15, -0.1) is 0 Å². The number of ether oxygens (including phenoxy) is 2. The number of benzene rings is 3. The zero-order chi connectivity index (χ0) is 29.2. The second kappa shape index (κ2) is 14.1. The van der Waals surface area contributed by atoms with Crippen LogP contribution in [0.1, 0.15) is 51.0 Å². The Morgan fingerprint density at radius 2 is 1.56 bits per heavy atom. The molecule has 0 spiro atoms. The molecule has 8 heteroatoms. The Bertz CT molecular complexity index is 1550. The van der Waals surface area contributed by atoms with E-state index in [1.54, 1.807) is 6.08 Å². The number of carbonyl (C=O) groups excluding carboxylic acids is 1. The van der Waals surface area contributed by atoms with Gasteiger partial charge >= 0.3 is 0 Å². The van der Waals surface area contributed by atoms with Crippen molar-refractivity contribution < 1.29 is 34.0 Å². The number of hydrogen-bond acceptors (Lipinski definition) is 8. The van der Waals surface area contributed by atoms with E-state index in [1.165, 1.54) is 62.1 Å². The van der Waals surface area contributed by atoms with E-state index < -0.39 is 23.6 Å². The Balaban J connectivity index is 1.42. The summed E-state index contributed by atoms with van der Waals surface area (Å²) < 4.78 is 17.3. The van der Waals surface area contributed by atoms with Crippen LogP contribution in [0, 0.1) is 0 Å². The lowest BCUT2D eigenvalue weighted by Gasteiger charge is -2.12. The monoisotopic (exact) mass is 558 g/mol. The molecule has 3 N–H and O–H groups in total. The van der Waals surface area contributed by atoms with Crippen LogP contribution in [0.5, 0.6) is 28.7 Å². The maximum atomic E-state index is 13.3. The number of phenolic OH excluding ortho intramolecular Hbond substituents is 3. The van der Waals surface area contributed by atoms with Crippen molar-refractivity contribution in [2.75, 3.05) is 13.2 Å². The Hall–Kier alpha value is -4.72. The highest BCUT2D eigenvalue weighted by molar-refractivity contribution is 5.95. The maximum Gasteiger partial charge on any atom is 0.239 e. The molecule has 0 radical (unpaired) electrons. The summed E-state index contributed by atoms with van der Waals surface area (Å²) >= 11 is 0. The van der Waals surface area contributed by atoms with E-state index in [2.05, 4.69) is 6.92 Å². The molecule has 0 bridgehead atoms. The molecule has 0 aliphatic heterocycles. The minimum atomic E-state index is -0.708. The normalized spacial score (nSPS) is 11.2. The average molecular weight is 559 g/mol. The molecule has 4 rings (SSSR count). The van der Waals surface area contributed by atoms with E-state index in [0.717, 1.165) is 30.2 Å². The Morgan fingerprint density at radius 3 is 2.29 bits per heavy atom. The quantitative estimate of drug-likeness (QED) is 0.112. The highest BCUT2D eigenvalue weighted by Crippen LogP contribution is 2.36. The van der Waals surface area contributed by atoms with Crippen LogP contribution >= 0.6 is 0 Å². The summed E-state index contributed by atoms with van der Waals surface area (Å²) in [5.41, 5.74) is 0.417. The van der Waals surface area contributed by atoms with Crippen LogP contribution < -0.4 is 14.9 Å². The van der Waals surface area contributed by atoms with Crippen LogP contribution in [0.3, 0.4) is 0 Å². The van der Waals surface area contributed by atoms with E-state index in [9.17, 15) is 24.9 Å². The smallest absolute Gasteiger partial charge is 0.239 e. The van der Waals surface area contributed by atoms with E-state index in [-0.39, 0.29) is 34.0 Å². The van der Waals surface area contributed by atoms with Crippen molar-refractivity contribution in [1.82, 2.24) is 0 Å². The molecule has 8 nitrogen and oxygen atoms in total. The predicted molar refractivity (Wildman–Crippen MR) is 158 cm³/mol. The fourth-order valence-electron chi connectivity index (χ4n) is 4.33. The number of hydrogen-bond donors (Lipinski definition) is 3. The summed E-state index contributed by atoms with van der Waals surface area (Å²) in [4.78, 5) is 25.9. The lowest BCUT2D eigenvalue weighted by Crippen LogP contribution is -2.15. The first-order valence-electron chi connectivity index (χ1n) is 13.7. The Morgan fingerprint density at radius 1 is 0.854 bits per heavy atom. The largest absolute Gasteiger partial charge is 0.508 e. The first kappa shape index (κ1) is 29.3. The molecule has 0 saturated carbocycles. The summed E-state index contributed by atoms with van der Waals surface area (Å²) in [5, 5.41) is 29.6. The van der Waals surface area contributed by atoms with E-state index in [0.29, 0.717) is 12.2 Å². The van der Waals surface area contributed by atoms with Crippen LogP contribution in [0.4, 0.5) is 0 Å². The van der Waals surface area contributed by atoms with E-state index >= 15 is 0 Å². The van der Waals surface area contributed by atoms with Crippen LogP contribution in [-0.4, -0.2) is 34.3 Å². The van der Waals surface area contributed by atoms with Gasteiger partial charge in [0.2, 0.25) is 11.2 Å². The third kappa shape index (κ3) is 7.91. The van der Waals surface area contributed by atoms with Crippen LogP contribution in [0.15, 0.2) is 76.0 Å². The molecule has 0 unspecified atom stereocenters. The molecular weight excluding hydrogens is 524 g/mol. The van der Waals surface area contributed by atoms with Gasteiger partial charge in [0, 0.05) is 17.7 Å². The number of phenols is 3. The van der Waals surface area contributed by atoms with Gasteiger partial charge in [-0.05, 0) is 54.5 Å². The maximum absolute atomic E-state index is 13.3. The zero-order valence-electron chi connectivity index (χ0n) is 23.0. The third-order valence-corrected chi connectivity index (χ3v) is 6.51. The number of ketones is 1. The van der Waals surface area contributed by atoms with Gasteiger partial charge in [0.25, 0.3) is 0 Å². The van der Waals surface area contributed by atoms with Gasteiger partial charge in [-0.1, -0.05) is 57.2 Å². The van der Waals surface area contributed by atoms with Gasteiger partial charge in [0.1, 0.15) is 34.0 Å². The van der Waals surface area contributed by atoms with E-state index in [1.807, 2.05) is 24.3 Å². The highest BCUT2D eigenvalue weighted by Gasteiger charge is 2.21. The number of rotatable bonds is 14. The molecule has 4 aromatic rings. The molecule has 0 aliphatic carbocycles. The van der Waals surface area contributed by atoms with Crippen molar-refractivity contribution in [2.45, 2.75) is 45.4 Å². The molecule has 41 heavy (non-hydrogen) atoms. The van der Waals surface area contributed by atoms with Gasteiger partial charge in [-0.2, -0.15) is 0 Å². The third-order valence-electron chi connectivity index (χ3n) is 6.51. The summed E-state index contributed by atoms with van der Waals surface area (Å²) in [6.45, 7) is 2.41. The van der Waals surface area contributed by atoms with Gasteiger partial charge in [0.15, 0.2) is 18.2 Å². The molecule has 3 aromatic carbocycles. The molecule has 1 heterocycles. The summed E-state index contributed by atoms with van der Waals surface area (Å²) in [5.74, 6) is -0.695. The molecule has 0 saturated heterocycles. The molecular formula is C33H34O8. The van der Waals surface area contributed by atoms with Gasteiger partial charge in [0.05, 0.1) is 6.61 Å². The topological polar surface area (TPSA) is 126 Å². The first-order chi connectivity index (χ1) is 19.9. The van der Waals surface area contributed by atoms with Crippen molar-refractivity contribution in [3.05, 3.63) is 82.5 Å². The van der Waals surface area contributed by atoms with Crippen LogP contribution in [0.25, 0.3) is 28.4 Å². The fourth-order valence-corrected chi connectivity index (χ4v) is 4.33. The van der Waals surface area contributed by atoms with E-state index in [4.69, 9.17) is 13.9 Å². The number of unbranched alkanes of at least 4 members (excludes halogenated alkanes) is 5. The molecule has 1 aromatic heterocycles. The second-order valence-electron chi connectivity index (χ2n) is 9.75. The van der Waals surface area contributed by atoms with Crippen LogP contribution in [0.2, 0.25) is 0 Å². The average Bonchev–Trinajstić information content (AvgIpc) is 2.95. The first-order valence-corrected chi connectivity index (χ1v) is 13.7. The molecule has 0 atom stereocenters. The van der Waals surface area contributed by atoms with Crippen molar-refractivity contribution in [3.8, 4) is 40.1 Å². The minimum absolute atomic E-state index is 0.00681. The standard InChI is InChI=1S/C33H34O8/c1-2-3-4-5-6-7-18-39-27-16-9-22(10-17-27)8-13-25(35)21-40-33-31(38)30-28(37)19-26(36)20-29(30)41-32(33)23-11-14-24(34)15-12-23/h8-17,19-20,34,36-37H,2-7,18,21H2,1H3/b13-8+. The molecule has 0 aliphatic rings. The van der Waals surface area contributed by atoms with Crippen molar-refractivity contribution in [3.63, 3.8) is 0 Å². The summed E-state index contributed by atoms with van der Waals surface area (Å²) in [7, 11) is 0. The SMILES string of the molecule is CCCCCCCCOc1ccc(/C=C/C(=O)COc2c(-c3ccc(O)cc3)oc3cc(O)cc(O)c3c2=O)cc1. The number of carbonyl (C=O) groups is 1. The summed E-state index contributed by atoms with van der Waals surface area (Å²) in [6.07, 6.45) is 10.2. The van der Waals surface area contributed by atoms with Gasteiger partial charge in [-0.25, -0.2) is 0 Å². The molecule has 214 valence electrons. The molecule has 0 fully saturated rings. The Kier molecular flexibility index (Phi) is 10.0. The number of aromatic hydroxyl groups is 3. The highest BCUT2D eigenvalue weighted by atomic mass is 16.5.